The minimum atomic E-state index is -1.03. The van der Waals surface area contributed by atoms with Gasteiger partial charge in [0.2, 0.25) is 23.0 Å². The van der Waals surface area contributed by atoms with Crippen LogP contribution in [0.4, 0.5) is 0 Å². The Morgan fingerprint density at radius 3 is 1.32 bits per heavy atom. The number of hydrogen-bond acceptors (Lipinski definition) is 9. The molecule has 0 fully saturated rings. The second-order valence-corrected chi connectivity index (χ2v) is 14.8. The lowest BCUT2D eigenvalue weighted by Crippen LogP contribution is -1.94. The highest BCUT2D eigenvalue weighted by Crippen LogP contribution is 2.62. The standard InChI is InChI=1S/C50H30O9/c51-42-38-36(27-14-9-23(10-15-27)28-16-13-26-12-11-24-5-1-3-7-30(24)33(26)21-28)39-41(45(54)49(58)47(56)43(39)52)37(40(38)44(53)48(57)46(42)55)29-18-20-35-34(22-29)32-19-17-25-6-2-4-8-31(25)50(32)59-35/h1-22,51-58H. The van der Waals surface area contributed by atoms with Crippen molar-refractivity contribution in [3.63, 3.8) is 0 Å². The minimum Gasteiger partial charge on any atom is -0.504 e. The number of rotatable bonds is 3. The van der Waals surface area contributed by atoms with E-state index in [1.54, 1.807) is 30.3 Å². The molecule has 0 aliphatic rings. The Labute approximate surface area is 333 Å². The van der Waals surface area contributed by atoms with Gasteiger partial charge in [-0.05, 0) is 73.5 Å². The topological polar surface area (TPSA) is 175 Å². The molecule has 59 heavy (non-hydrogen) atoms. The molecule has 10 aromatic carbocycles. The van der Waals surface area contributed by atoms with E-state index < -0.39 is 46.0 Å². The van der Waals surface area contributed by atoms with Gasteiger partial charge in [0.25, 0.3) is 0 Å². The summed E-state index contributed by atoms with van der Waals surface area (Å²) in [6.07, 6.45) is 0. The number of phenols is 8. The van der Waals surface area contributed by atoms with Crippen molar-refractivity contribution in [1.29, 1.82) is 0 Å². The van der Waals surface area contributed by atoms with Crippen molar-refractivity contribution < 1.29 is 45.3 Å². The second kappa shape index (κ2) is 12.1. The molecule has 0 saturated heterocycles. The van der Waals surface area contributed by atoms with E-state index in [0.29, 0.717) is 27.7 Å². The average Bonchev–Trinajstić information content (AvgIpc) is 3.66. The van der Waals surface area contributed by atoms with Crippen LogP contribution < -0.4 is 0 Å². The molecule has 0 aliphatic heterocycles. The van der Waals surface area contributed by atoms with Crippen LogP contribution in [0.5, 0.6) is 46.0 Å². The zero-order valence-electron chi connectivity index (χ0n) is 30.7. The molecule has 1 heterocycles. The van der Waals surface area contributed by atoms with Gasteiger partial charge in [-0.3, -0.25) is 0 Å². The van der Waals surface area contributed by atoms with Gasteiger partial charge in [0.05, 0.1) is 0 Å². The second-order valence-electron chi connectivity index (χ2n) is 14.8. The van der Waals surface area contributed by atoms with Crippen LogP contribution in [0.3, 0.4) is 0 Å². The summed E-state index contributed by atoms with van der Waals surface area (Å²) in [5, 5.41) is 97.7. The van der Waals surface area contributed by atoms with Crippen LogP contribution in [0.1, 0.15) is 0 Å². The average molecular weight is 775 g/mol. The largest absolute Gasteiger partial charge is 0.504 e. The van der Waals surface area contributed by atoms with Crippen molar-refractivity contribution in [1.82, 2.24) is 0 Å². The third kappa shape index (κ3) is 4.66. The highest BCUT2D eigenvalue weighted by molar-refractivity contribution is 6.29. The SMILES string of the molecule is Oc1c(O)c(O)c2c(-c3ccc4oc5c6ccccc6ccc5c4c3)c3c(O)c(O)c(O)c(O)c3c(-c3ccc(-c4ccc5ccc6ccccc6c5c4)cc3)c2c1O. The monoisotopic (exact) mass is 774 g/mol. The van der Waals surface area contributed by atoms with E-state index in [1.807, 2.05) is 72.8 Å². The fourth-order valence-electron chi connectivity index (χ4n) is 8.87. The zero-order valence-corrected chi connectivity index (χ0v) is 30.7. The van der Waals surface area contributed by atoms with Crippen molar-refractivity contribution in [2.45, 2.75) is 0 Å². The predicted molar refractivity (Wildman–Crippen MR) is 231 cm³/mol. The molecule has 0 bridgehead atoms. The first kappa shape index (κ1) is 34.0. The van der Waals surface area contributed by atoms with Crippen molar-refractivity contribution in [2.75, 3.05) is 0 Å². The normalized spacial score (nSPS) is 11.9. The fraction of sp³-hybridized carbons (Fsp3) is 0. The maximum Gasteiger partial charge on any atom is 0.204 e. The van der Waals surface area contributed by atoms with Crippen LogP contribution >= 0.6 is 0 Å². The third-order valence-corrected chi connectivity index (χ3v) is 11.7. The fourth-order valence-corrected chi connectivity index (χ4v) is 8.87. The Morgan fingerprint density at radius 2 is 0.712 bits per heavy atom. The Balaban J connectivity index is 1.21. The smallest absolute Gasteiger partial charge is 0.204 e. The van der Waals surface area contributed by atoms with Gasteiger partial charge in [0, 0.05) is 48.8 Å². The molecule has 11 rings (SSSR count). The van der Waals surface area contributed by atoms with Crippen LogP contribution in [-0.2, 0) is 0 Å². The van der Waals surface area contributed by atoms with E-state index in [2.05, 4.69) is 30.3 Å². The molecular weight excluding hydrogens is 745 g/mol. The highest BCUT2D eigenvalue weighted by Gasteiger charge is 2.32. The Hall–Kier alpha value is -8.30. The molecule has 0 radical (unpaired) electrons. The van der Waals surface area contributed by atoms with E-state index >= 15 is 0 Å². The number of aromatic hydroxyl groups is 8. The Bertz CT molecular complexity index is 3560. The molecule has 0 unspecified atom stereocenters. The van der Waals surface area contributed by atoms with Crippen molar-refractivity contribution in [3.8, 4) is 79.4 Å². The summed E-state index contributed by atoms with van der Waals surface area (Å²) in [6.45, 7) is 0. The molecule has 1 aromatic heterocycles. The summed E-state index contributed by atoms with van der Waals surface area (Å²) in [5.41, 5.74) is 3.44. The molecular formula is C50H30O9. The molecule has 9 heteroatoms. The molecule has 11 aromatic rings. The van der Waals surface area contributed by atoms with Crippen LogP contribution in [0, 0.1) is 0 Å². The molecule has 0 aliphatic carbocycles. The molecule has 0 amide bonds. The first-order chi connectivity index (χ1) is 28.6. The van der Waals surface area contributed by atoms with E-state index in [-0.39, 0.29) is 32.7 Å². The maximum absolute atomic E-state index is 11.7. The summed E-state index contributed by atoms with van der Waals surface area (Å²) in [7, 11) is 0. The van der Waals surface area contributed by atoms with Gasteiger partial charge in [0.1, 0.15) is 11.2 Å². The van der Waals surface area contributed by atoms with Gasteiger partial charge < -0.3 is 45.3 Å². The van der Waals surface area contributed by atoms with Crippen LogP contribution in [0.25, 0.3) is 109 Å². The first-order valence-corrected chi connectivity index (χ1v) is 18.7. The highest BCUT2D eigenvalue weighted by atomic mass is 16.4. The van der Waals surface area contributed by atoms with Gasteiger partial charge in [-0.1, -0.05) is 109 Å². The number of furan rings is 1. The quantitative estimate of drug-likeness (QED) is 0.0376. The maximum atomic E-state index is 11.7. The third-order valence-electron chi connectivity index (χ3n) is 11.7. The van der Waals surface area contributed by atoms with Gasteiger partial charge in [-0.15, -0.1) is 0 Å². The lowest BCUT2D eigenvalue weighted by atomic mass is 9.83. The summed E-state index contributed by atoms with van der Waals surface area (Å²) in [4.78, 5) is 0. The zero-order chi connectivity index (χ0) is 40.4. The van der Waals surface area contributed by atoms with Gasteiger partial charge in [-0.25, -0.2) is 0 Å². The molecule has 0 saturated carbocycles. The van der Waals surface area contributed by atoms with Crippen LogP contribution in [-0.4, -0.2) is 40.9 Å². The summed E-state index contributed by atoms with van der Waals surface area (Å²) in [5.74, 6) is -7.50. The summed E-state index contributed by atoms with van der Waals surface area (Å²) in [6, 6.07) is 42.2. The van der Waals surface area contributed by atoms with E-state index in [9.17, 15) is 40.9 Å². The van der Waals surface area contributed by atoms with E-state index in [4.69, 9.17) is 4.42 Å². The Morgan fingerprint density at radius 1 is 0.288 bits per heavy atom. The molecule has 8 N–H and O–H groups in total. The van der Waals surface area contributed by atoms with Gasteiger partial charge in [-0.2, -0.15) is 0 Å². The lowest BCUT2D eigenvalue weighted by Gasteiger charge is -2.22. The van der Waals surface area contributed by atoms with Crippen molar-refractivity contribution >= 4 is 75.8 Å². The number of hydrogen-bond donors (Lipinski definition) is 8. The minimum absolute atomic E-state index is 0.0256. The summed E-state index contributed by atoms with van der Waals surface area (Å²) < 4.78 is 6.32. The number of fused-ring (bicyclic) bond motifs is 10. The summed E-state index contributed by atoms with van der Waals surface area (Å²) >= 11 is 0. The van der Waals surface area contributed by atoms with E-state index in [1.165, 1.54) is 0 Å². The van der Waals surface area contributed by atoms with Crippen LogP contribution in [0.2, 0.25) is 0 Å². The van der Waals surface area contributed by atoms with Gasteiger partial charge >= 0.3 is 0 Å². The molecule has 0 spiro atoms. The van der Waals surface area contributed by atoms with Crippen molar-refractivity contribution in [2.24, 2.45) is 0 Å². The van der Waals surface area contributed by atoms with Crippen molar-refractivity contribution in [3.05, 3.63) is 133 Å². The number of benzene rings is 10. The van der Waals surface area contributed by atoms with Gasteiger partial charge in [0.15, 0.2) is 23.0 Å². The lowest BCUT2D eigenvalue weighted by molar-refractivity contribution is 0.350. The van der Waals surface area contributed by atoms with Crippen LogP contribution in [0.15, 0.2) is 138 Å². The number of phenolic OH excluding ortho intramolecular Hbond substituents is 8. The first-order valence-electron chi connectivity index (χ1n) is 18.7. The molecule has 9 nitrogen and oxygen atoms in total. The molecule has 284 valence electrons. The van der Waals surface area contributed by atoms with E-state index in [0.717, 1.165) is 48.8 Å². The predicted octanol–water partition coefficient (Wildman–Crippen LogP) is 12.0. The Kier molecular flexibility index (Phi) is 6.97. The molecule has 0 atom stereocenters.